The van der Waals surface area contributed by atoms with Gasteiger partial charge < -0.3 is 20.1 Å². The molecule has 0 aliphatic carbocycles. The van der Waals surface area contributed by atoms with Gasteiger partial charge in [0.25, 0.3) is 0 Å². The highest BCUT2D eigenvalue weighted by atomic mass is 19.4. The smallest absolute Gasteiger partial charge is 0.388 e. The number of aliphatic hydroxyl groups is 1. The molecule has 1 amide bonds. The fourth-order valence-electron chi connectivity index (χ4n) is 4.12. The number of ether oxygens (including phenoxy) is 1. The number of aromatic nitrogens is 1. The van der Waals surface area contributed by atoms with Crippen LogP contribution in [0.4, 0.5) is 19.0 Å². The molecular weight excluding hydrogens is 363 g/mol. The topological polar surface area (TPSA) is 74.7 Å². The first-order valence-corrected chi connectivity index (χ1v) is 8.93. The number of rotatable bonds is 2. The minimum Gasteiger partial charge on any atom is -0.388 e. The van der Waals surface area contributed by atoms with Gasteiger partial charge in [0.2, 0.25) is 5.91 Å². The highest BCUT2D eigenvalue weighted by molar-refractivity contribution is 5.74. The average Bonchev–Trinajstić information content (AvgIpc) is 2.58. The molecule has 3 heterocycles. The highest BCUT2D eigenvalue weighted by Crippen LogP contribution is 2.42. The van der Waals surface area contributed by atoms with Gasteiger partial charge in [-0.1, -0.05) is 0 Å². The number of hydrogen-bond acceptors (Lipinski definition) is 5. The summed E-state index contributed by atoms with van der Waals surface area (Å²) < 4.78 is 45.7. The van der Waals surface area contributed by atoms with Crippen LogP contribution in [0.25, 0.3) is 0 Å². The molecule has 3 rings (SSSR count). The molecule has 2 atom stereocenters. The zero-order valence-electron chi connectivity index (χ0n) is 15.3. The molecule has 0 radical (unpaired) electrons. The number of piperidine rings is 1. The maximum atomic E-state index is 13.3. The summed E-state index contributed by atoms with van der Waals surface area (Å²) >= 11 is 0. The largest absolute Gasteiger partial charge is 0.419 e. The number of nitrogens with zero attached hydrogens (tertiary/aromatic N) is 2. The van der Waals surface area contributed by atoms with Gasteiger partial charge in [-0.3, -0.25) is 4.79 Å². The Morgan fingerprint density at radius 1 is 1.41 bits per heavy atom. The third kappa shape index (κ3) is 4.03. The van der Waals surface area contributed by atoms with Crippen LogP contribution in [0.15, 0.2) is 18.3 Å². The summed E-state index contributed by atoms with van der Waals surface area (Å²) in [5.41, 5.74) is -2.15. The summed E-state index contributed by atoms with van der Waals surface area (Å²) in [6.45, 7) is 3.95. The molecule has 0 aromatic carbocycles. The summed E-state index contributed by atoms with van der Waals surface area (Å²) in [7, 11) is 0. The van der Waals surface area contributed by atoms with Crippen LogP contribution in [-0.2, 0) is 15.7 Å². The van der Waals surface area contributed by atoms with Gasteiger partial charge in [-0.05, 0) is 31.9 Å². The first-order chi connectivity index (χ1) is 12.5. The molecular formula is C18H24F3N3O3. The normalized spacial score (nSPS) is 28.2. The van der Waals surface area contributed by atoms with E-state index in [9.17, 15) is 23.1 Å². The summed E-state index contributed by atoms with van der Waals surface area (Å²) in [5.74, 6) is -0.311. The lowest BCUT2D eigenvalue weighted by Gasteiger charge is -2.52. The molecule has 1 spiro atoms. The van der Waals surface area contributed by atoms with Crippen LogP contribution in [0.2, 0.25) is 0 Å². The Morgan fingerprint density at radius 3 is 2.67 bits per heavy atom. The summed E-state index contributed by atoms with van der Waals surface area (Å²) in [6, 6.07) is 2.32. The van der Waals surface area contributed by atoms with E-state index in [1.165, 1.54) is 19.2 Å². The maximum Gasteiger partial charge on any atom is 0.419 e. The molecule has 2 aliphatic heterocycles. The van der Waals surface area contributed by atoms with Crippen molar-refractivity contribution in [3.8, 4) is 0 Å². The highest BCUT2D eigenvalue weighted by Gasteiger charge is 2.50. The van der Waals surface area contributed by atoms with E-state index in [1.807, 2.05) is 0 Å². The first kappa shape index (κ1) is 19.9. The minimum atomic E-state index is -4.46. The van der Waals surface area contributed by atoms with E-state index in [0.717, 1.165) is 6.07 Å². The van der Waals surface area contributed by atoms with E-state index in [-0.39, 0.29) is 18.3 Å². The molecule has 1 aromatic rings. The Morgan fingerprint density at radius 2 is 2.07 bits per heavy atom. The summed E-state index contributed by atoms with van der Waals surface area (Å²) in [6.07, 6.45) is -2.56. The van der Waals surface area contributed by atoms with E-state index >= 15 is 0 Å². The lowest BCUT2D eigenvalue weighted by Crippen LogP contribution is -2.65. The number of aliphatic hydroxyl groups excluding tert-OH is 1. The molecule has 2 N–H and O–H groups in total. The molecule has 2 aliphatic rings. The number of amides is 1. The SMILES string of the molecule is CC(=O)N[C@]1(C)CC2(CCN(c3ncccc3C(F)(F)F)CC2)OC[C@H]1O. The summed E-state index contributed by atoms with van der Waals surface area (Å²) in [5, 5.41) is 13.1. The van der Waals surface area contributed by atoms with Crippen molar-refractivity contribution < 1.29 is 27.8 Å². The number of anilines is 1. The molecule has 9 heteroatoms. The maximum absolute atomic E-state index is 13.3. The Hall–Kier alpha value is -1.87. The van der Waals surface area contributed by atoms with E-state index in [2.05, 4.69) is 10.3 Å². The predicted molar refractivity (Wildman–Crippen MR) is 92.2 cm³/mol. The number of pyridine rings is 1. The lowest BCUT2D eigenvalue weighted by atomic mass is 9.74. The predicted octanol–water partition coefficient (Wildman–Crippen LogP) is 2.12. The quantitative estimate of drug-likeness (QED) is 0.813. The van der Waals surface area contributed by atoms with Crippen LogP contribution in [0.1, 0.15) is 38.7 Å². The Labute approximate surface area is 155 Å². The van der Waals surface area contributed by atoms with E-state index in [1.54, 1.807) is 11.8 Å². The van der Waals surface area contributed by atoms with Crippen LogP contribution in [0, 0.1) is 0 Å². The second-order valence-corrected chi connectivity index (χ2v) is 7.64. The Balaban J connectivity index is 1.75. The van der Waals surface area contributed by atoms with Gasteiger partial charge in [0, 0.05) is 32.6 Å². The zero-order chi connectivity index (χ0) is 19.9. The van der Waals surface area contributed by atoms with Crippen LogP contribution in [0.3, 0.4) is 0 Å². The fourth-order valence-corrected chi connectivity index (χ4v) is 4.12. The van der Waals surface area contributed by atoms with Crippen LogP contribution in [0.5, 0.6) is 0 Å². The van der Waals surface area contributed by atoms with Crippen LogP contribution >= 0.6 is 0 Å². The van der Waals surface area contributed by atoms with Crippen molar-refractivity contribution in [1.82, 2.24) is 10.3 Å². The van der Waals surface area contributed by atoms with Gasteiger partial charge in [0.05, 0.1) is 23.3 Å². The van der Waals surface area contributed by atoms with E-state index in [4.69, 9.17) is 4.74 Å². The summed E-state index contributed by atoms with van der Waals surface area (Å²) in [4.78, 5) is 17.1. The Bertz CT molecular complexity index is 705. The standard InChI is InChI=1S/C18H24F3N3O3/c1-12(25)23-16(2)11-17(27-10-14(16)26)5-8-24(9-6-17)15-13(18(19,20)21)4-3-7-22-15/h3-4,7,14,26H,5-6,8-11H2,1-2H3,(H,23,25)/t14-,16-/m1/s1. The molecule has 0 saturated carbocycles. The van der Waals surface area contributed by atoms with Gasteiger partial charge >= 0.3 is 6.18 Å². The molecule has 2 saturated heterocycles. The monoisotopic (exact) mass is 387 g/mol. The molecule has 0 bridgehead atoms. The third-order valence-electron chi connectivity index (χ3n) is 5.50. The number of carbonyl (C=O) groups is 1. The molecule has 1 aromatic heterocycles. The van der Waals surface area contributed by atoms with Crippen molar-refractivity contribution in [3.63, 3.8) is 0 Å². The van der Waals surface area contributed by atoms with Crippen molar-refractivity contribution in [2.45, 2.75) is 56.5 Å². The second-order valence-electron chi connectivity index (χ2n) is 7.64. The average molecular weight is 387 g/mol. The molecule has 27 heavy (non-hydrogen) atoms. The van der Waals surface area contributed by atoms with Crippen molar-refractivity contribution in [2.75, 3.05) is 24.6 Å². The van der Waals surface area contributed by atoms with Crippen molar-refractivity contribution in [3.05, 3.63) is 23.9 Å². The number of alkyl halides is 3. The molecule has 2 fully saturated rings. The van der Waals surface area contributed by atoms with Crippen molar-refractivity contribution in [1.29, 1.82) is 0 Å². The van der Waals surface area contributed by atoms with Gasteiger partial charge in [-0.15, -0.1) is 0 Å². The van der Waals surface area contributed by atoms with Gasteiger partial charge in [-0.25, -0.2) is 4.98 Å². The van der Waals surface area contributed by atoms with Gasteiger partial charge in [0.15, 0.2) is 0 Å². The van der Waals surface area contributed by atoms with E-state index in [0.29, 0.717) is 32.4 Å². The number of nitrogens with one attached hydrogen (secondary N) is 1. The second kappa shape index (κ2) is 6.94. The van der Waals surface area contributed by atoms with Crippen LogP contribution in [-0.4, -0.2) is 52.9 Å². The van der Waals surface area contributed by atoms with Crippen LogP contribution < -0.4 is 10.2 Å². The minimum absolute atomic E-state index is 0.0692. The number of carbonyl (C=O) groups excluding carboxylic acids is 1. The first-order valence-electron chi connectivity index (χ1n) is 8.93. The molecule has 150 valence electrons. The van der Waals surface area contributed by atoms with E-state index < -0.39 is 29.0 Å². The molecule has 6 nitrogen and oxygen atoms in total. The molecule has 0 unspecified atom stereocenters. The van der Waals surface area contributed by atoms with Gasteiger partial charge in [0.1, 0.15) is 11.9 Å². The van der Waals surface area contributed by atoms with Crippen molar-refractivity contribution >= 4 is 11.7 Å². The lowest BCUT2D eigenvalue weighted by molar-refractivity contribution is -0.172. The Kier molecular flexibility index (Phi) is 5.11. The third-order valence-corrected chi connectivity index (χ3v) is 5.50. The number of hydrogen-bond donors (Lipinski definition) is 2. The fraction of sp³-hybridized carbons (Fsp3) is 0.667. The van der Waals surface area contributed by atoms with Gasteiger partial charge in [-0.2, -0.15) is 13.2 Å². The van der Waals surface area contributed by atoms with Crippen molar-refractivity contribution in [2.24, 2.45) is 0 Å². The zero-order valence-corrected chi connectivity index (χ0v) is 15.3. The number of halogens is 3.